The second-order valence-electron chi connectivity index (χ2n) is 5.02. The Hall–Kier alpha value is -2.89. The summed E-state index contributed by atoms with van der Waals surface area (Å²) in [4.78, 5) is 27.2. The summed E-state index contributed by atoms with van der Waals surface area (Å²) in [5.74, 6) is -0.381. The van der Waals surface area contributed by atoms with Crippen LogP contribution in [-0.2, 0) is 11.3 Å². The van der Waals surface area contributed by atoms with Crippen LogP contribution in [0.2, 0.25) is 0 Å². The highest BCUT2D eigenvalue weighted by molar-refractivity contribution is 5.89. The average molecular weight is 313 g/mol. The Bertz CT molecular complexity index is 657. The number of esters is 1. The molecule has 6 heteroatoms. The number of carbonyl (C=O) groups is 2. The van der Waals surface area contributed by atoms with Gasteiger partial charge < -0.3 is 15.4 Å². The molecule has 0 spiro atoms. The normalized spacial score (nSPS) is 11.4. The van der Waals surface area contributed by atoms with Crippen LogP contribution in [0.3, 0.4) is 0 Å². The van der Waals surface area contributed by atoms with Crippen LogP contribution in [0.4, 0.5) is 4.79 Å². The number of amides is 2. The summed E-state index contributed by atoms with van der Waals surface area (Å²) < 4.78 is 4.64. The molecule has 0 aliphatic rings. The lowest BCUT2D eigenvalue weighted by Gasteiger charge is -2.15. The fraction of sp³-hybridized carbons (Fsp3) is 0.235. The zero-order valence-corrected chi connectivity index (χ0v) is 13.1. The summed E-state index contributed by atoms with van der Waals surface area (Å²) in [5, 5.41) is 5.63. The summed E-state index contributed by atoms with van der Waals surface area (Å²) in [5.41, 5.74) is 2.36. The minimum Gasteiger partial charge on any atom is -0.465 e. The van der Waals surface area contributed by atoms with Crippen LogP contribution in [0.15, 0.2) is 48.8 Å². The molecule has 0 radical (unpaired) electrons. The predicted molar refractivity (Wildman–Crippen MR) is 85.8 cm³/mol. The Morgan fingerprint density at radius 2 is 1.78 bits per heavy atom. The maximum atomic E-state index is 11.9. The second kappa shape index (κ2) is 7.93. The maximum Gasteiger partial charge on any atom is 0.337 e. The number of ether oxygens (including phenoxy) is 1. The van der Waals surface area contributed by atoms with Gasteiger partial charge in [-0.25, -0.2) is 9.59 Å². The first-order valence-electron chi connectivity index (χ1n) is 7.21. The van der Waals surface area contributed by atoms with Crippen molar-refractivity contribution in [3.63, 3.8) is 0 Å². The smallest absolute Gasteiger partial charge is 0.337 e. The Kier molecular flexibility index (Phi) is 5.68. The van der Waals surface area contributed by atoms with E-state index in [1.165, 1.54) is 7.11 Å². The predicted octanol–water partition coefficient (Wildman–Crippen LogP) is 2.43. The van der Waals surface area contributed by atoms with Crippen LogP contribution in [0.1, 0.15) is 34.5 Å². The van der Waals surface area contributed by atoms with Gasteiger partial charge >= 0.3 is 12.0 Å². The third-order valence-electron chi connectivity index (χ3n) is 3.38. The first kappa shape index (κ1) is 16.5. The third kappa shape index (κ3) is 4.81. The molecule has 1 atom stereocenters. The Labute approximate surface area is 134 Å². The lowest BCUT2D eigenvalue weighted by molar-refractivity contribution is 0.0600. The van der Waals surface area contributed by atoms with Crippen molar-refractivity contribution in [3.05, 3.63) is 65.5 Å². The van der Waals surface area contributed by atoms with Crippen LogP contribution >= 0.6 is 0 Å². The molecular formula is C17H19N3O3. The molecule has 0 saturated carbocycles. The molecule has 1 aromatic heterocycles. The molecule has 2 amide bonds. The standard InChI is InChI=1S/C17H19N3O3/c1-12(14-7-9-18-10-8-14)20-17(22)19-11-13-3-5-15(6-4-13)16(21)23-2/h3-10,12H,11H2,1-2H3,(H2,19,20,22). The highest BCUT2D eigenvalue weighted by Crippen LogP contribution is 2.10. The van der Waals surface area contributed by atoms with Crippen molar-refractivity contribution >= 4 is 12.0 Å². The molecule has 23 heavy (non-hydrogen) atoms. The lowest BCUT2D eigenvalue weighted by atomic mass is 10.1. The van der Waals surface area contributed by atoms with Crippen molar-refractivity contribution in [1.82, 2.24) is 15.6 Å². The Morgan fingerprint density at radius 3 is 2.39 bits per heavy atom. The molecule has 1 unspecified atom stereocenters. The number of rotatable bonds is 5. The number of aromatic nitrogens is 1. The number of benzene rings is 1. The third-order valence-corrected chi connectivity index (χ3v) is 3.38. The summed E-state index contributed by atoms with van der Waals surface area (Å²) >= 11 is 0. The van der Waals surface area contributed by atoms with Crippen LogP contribution < -0.4 is 10.6 Å². The molecule has 0 bridgehead atoms. The first-order chi connectivity index (χ1) is 11.1. The van der Waals surface area contributed by atoms with E-state index in [-0.39, 0.29) is 18.0 Å². The molecule has 0 fully saturated rings. The van der Waals surface area contributed by atoms with Crippen molar-refractivity contribution in [2.75, 3.05) is 7.11 Å². The summed E-state index contributed by atoms with van der Waals surface area (Å²) in [6, 6.07) is 10.2. The fourth-order valence-corrected chi connectivity index (χ4v) is 2.04. The number of carbonyl (C=O) groups excluding carboxylic acids is 2. The largest absolute Gasteiger partial charge is 0.465 e. The van der Waals surface area contributed by atoms with E-state index in [2.05, 4.69) is 20.4 Å². The van der Waals surface area contributed by atoms with Crippen LogP contribution in [0.25, 0.3) is 0 Å². The maximum absolute atomic E-state index is 11.9. The van der Waals surface area contributed by atoms with Gasteiger partial charge in [-0.05, 0) is 42.3 Å². The number of hydrogen-bond donors (Lipinski definition) is 2. The van der Waals surface area contributed by atoms with Gasteiger partial charge in [0, 0.05) is 18.9 Å². The topological polar surface area (TPSA) is 80.3 Å². The Balaban J connectivity index is 1.83. The van der Waals surface area contributed by atoms with Gasteiger partial charge in [0.05, 0.1) is 18.7 Å². The molecular weight excluding hydrogens is 294 g/mol. The van der Waals surface area contributed by atoms with Gasteiger partial charge in [0.2, 0.25) is 0 Å². The van der Waals surface area contributed by atoms with E-state index in [1.54, 1.807) is 36.7 Å². The molecule has 2 aromatic rings. The van der Waals surface area contributed by atoms with Gasteiger partial charge in [0.15, 0.2) is 0 Å². The Morgan fingerprint density at radius 1 is 1.13 bits per heavy atom. The molecule has 1 heterocycles. The van der Waals surface area contributed by atoms with Crippen LogP contribution in [0.5, 0.6) is 0 Å². The summed E-state index contributed by atoms with van der Waals surface area (Å²) in [7, 11) is 1.34. The molecule has 0 saturated heterocycles. The van der Waals surface area contributed by atoms with E-state index in [4.69, 9.17) is 0 Å². The van der Waals surface area contributed by atoms with Crippen molar-refractivity contribution in [2.45, 2.75) is 19.5 Å². The molecule has 0 aliphatic heterocycles. The van der Waals surface area contributed by atoms with E-state index in [0.29, 0.717) is 12.1 Å². The quantitative estimate of drug-likeness (QED) is 0.831. The van der Waals surface area contributed by atoms with Gasteiger partial charge in [-0.3, -0.25) is 4.98 Å². The highest BCUT2D eigenvalue weighted by Gasteiger charge is 2.09. The summed E-state index contributed by atoms with van der Waals surface area (Å²) in [6.07, 6.45) is 3.38. The molecule has 0 aliphatic carbocycles. The van der Waals surface area contributed by atoms with E-state index in [0.717, 1.165) is 11.1 Å². The van der Waals surface area contributed by atoms with E-state index in [1.807, 2.05) is 19.1 Å². The van der Waals surface area contributed by atoms with Gasteiger partial charge in [0.1, 0.15) is 0 Å². The first-order valence-corrected chi connectivity index (χ1v) is 7.21. The second-order valence-corrected chi connectivity index (χ2v) is 5.02. The van der Waals surface area contributed by atoms with Gasteiger partial charge in [-0.15, -0.1) is 0 Å². The highest BCUT2D eigenvalue weighted by atomic mass is 16.5. The average Bonchev–Trinajstić information content (AvgIpc) is 2.60. The van der Waals surface area contributed by atoms with E-state index >= 15 is 0 Å². The van der Waals surface area contributed by atoms with E-state index < -0.39 is 0 Å². The molecule has 2 N–H and O–H groups in total. The van der Waals surface area contributed by atoms with Crippen LogP contribution in [-0.4, -0.2) is 24.1 Å². The summed E-state index contributed by atoms with van der Waals surface area (Å²) in [6.45, 7) is 2.27. The molecule has 1 aromatic carbocycles. The molecule has 120 valence electrons. The SMILES string of the molecule is COC(=O)c1ccc(CNC(=O)NC(C)c2ccncc2)cc1. The van der Waals surface area contributed by atoms with Crippen molar-refractivity contribution in [1.29, 1.82) is 0 Å². The van der Waals surface area contributed by atoms with Crippen molar-refractivity contribution in [2.24, 2.45) is 0 Å². The van der Waals surface area contributed by atoms with Gasteiger partial charge in [-0.2, -0.15) is 0 Å². The zero-order valence-electron chi connectivity index (χ0n) is 13.1. The van der Waals surface area contributed by atoms with Gasteiger partial charge in [0.25, 0.3) is 0 Å². The van der Waals surface area contributed by atoms with Crippen LogP contribution in [0, 0.1) is 0 Å². The number of hydrogen-bond acceptors (Lipinski definition) is 4. The monoisotopic (exact) mass is 313 g/mol. The minimum atomic E-state index is -0.381. The van der Waals surface area contributed by atoms with Crippen molar-refractivity contribution < 1.29 is 14.3 Å². The van der Waals surface area contributed by atoms with E-state index in [9.17, 15) is 9.59 Å². The van der Waals surface area contributed by atoms with Gasteiger partial charge in [-0.1, -0.05) is 12.1 Å². The molecule has 6 nitrogen and oxygen atoms in total. The zero-order chi connectivity index (χ0) is 16.7. The number of nitrogens with zero attached hydrogens (tertiary/aromatic N) is 1. The minimum absolute atomic E-state index is 0.111. The fourth-order valence-electron chi connectivity index (χ4n) is 2.04. The lowest BCUT2D eigenvalue weighted by Crippen LogP contribution is -2.36. The molecule has 2 rings (SSSR count). The number of pyridine rings is 1. The van der Waals surface area contributed by atoms with Crippen molar-refractivity contribution in [3.8, 4) is 0 Å². The number of urea groups is 1. The number of methoxy groups -OCH3 is 1. The number of nitrogens with one attached hydrogen (secondary N) is 2.